The van der Waals surface area contributed by atoms with Crippen LogP contribution in [0.2, 0.25) is 0 Å². The summed E-state index contributed by atoms with van der Waals surface area (Å²) in [6.07, 6.45) is 4.10. The van der Waals surface area contributed by atoms with Crippen molar-refractivity contribution in [2.75, 3.05) is 12.0 Å². The lowest BCUT2D eigenvalue weighted by molar-refractivity contribution is -0.127. The van der Waals surface area contributed by atoms with Gasteiger partial charge in [0, 0.05) is 11.5 Å². The second-order valence-corrected chi connectivity index (χ2v) is 7.65. The number of methoxy groups -OCH3 is 1. The number of benzene rings is 2. The monoisotopic (exact) mass is 389 g/mol. The molecule has 1 saturated heterocycles. The summed E-state index contributed by atoms with van der Waals surface area (Å²) in [7, 11) is 1.55. The first-order valence-electron chi connectivity index (χ1n) is 9.56. The zero-order chi connectivity index (χ0) is 20.8. The van der Waals surface area contributed by atoms with Gasteiger partial charge in [0.05, 0.1) is 24.1 Å². The molecule has 0 saturated carbocycles. The molecule has 148 valence electrons. The number of nitrogens with zero attached hydrogens (tertiary/aromatic N) is 1. The number of hydrogen-bond donors (Lipinski definition) is 1. The number of phenolic OH excluding ortho intramolecular Hbond substituents is 1. The van der Waals surface area contributed by atoms with E-state index in [2.05, 4.69) is 6.58 Å². The Hall–Kier alpha value is -3.34. The van der Waals surface area contributed by atoms with Crippen molar-refractivity contribution in [3.05, 3.63) is 78.4 Å². The molecule has 1 aliphatic heterocycles. The smallest absolute Gasteiger partial charge is 0.241 e. The number of hydrogen-bond acceptors (Lipinski definition) is 4. The highest BCUT2D eigenvalue weighted by Gasteiger charge is 2.62. The fourth-order valence-electron chi connectivity index (χ4n) is 4.71. The fourth-order valence-corrected chi connectivity index (χ4v) is 4.71. The number of ether oxygens (including phenoxy) is 1. The van der Waals surface area contributed by atoms with E-state index in [1.54, 1.807) is 55.7 Å². The molecule has 0 radical (unpaired) electrons. The summed E-state index contributed by atoms with van der Waals surface area (Å²) in [4.78, 5) is 28.3. The first kappa shape index (κ1) is 19.0. The van der Waals surface area contributed by atoms with Crippen LogP contribution in [0.5, 0.6) is 11.5 Å². The fraction of sp³-hybridized carbons (Fsp3) is 0.250. The van der Waals surface area contributed by atoms with Crippen LogP contribution >= 0.6 is 0 Å². The third-order valence-electron chi connectivity index (χ3n) is 6.22. The van der Waals surface area contributed by atoms with Crippen molar-refractivity contribution in [2.45, 2.75) is 19.3 Å². The van der Waals surface area contributed by atoms with E-state index in [4.69, 9.17) is 4.74 Å². The normalized spacial score (nSPS) is 26.1. The van der Waals surface area contributed by atoms with Crippen molar-refractivity contribution < 1.29 is 19.4 Å². The number of carbonyl (C=O) groups excluding carboxylic acids is 2. The van der Waals surface area contributed by atoms with Gasteiger partial charge >= 0.3 is 0 Å². The van der Waals surface area contributed by atoms with Gasteiger partial charge in [0.2, 0.25) is 11.8 Å². The standard InChI is InChI=1S/C24H23NO4/c1-4-15-10-12-19-22(27)25(16-8-6-5-7-9-16)23(28)24(19,2)21(15)18-14-17(29-3)11-13-20(18)26/h4-11,13-14,19,21,26H,1,12H2,2-3H3. The van der Waals surface area contributed by atoms with Gasteiger partial charge in [-0.15, -0.1) is 0 Å². The van der Waals surface area contributed by atoms with E-state index in [0.29, 0.717) is 23.4 Å². The van der Waals surface area contributed by atoms with Gasteiger partial charge in [-0.05, 0) is 49.2 Å². The van der Waals surface area contributed by atoms with E-state index >= 15 is 0 Å². The highest BCUT2D eigenvalue weighted by atomic mass is 16.5. The topological polar surface area (TPSA) is 66.8 Å². The number of rotatable bonds is 4. The molecule has 1 fully saturated rings. The van der Waals surface area contributed by atoms with Gasteiger partial charge in [-0.25, -0.2) is 4.90 Å². The van der Waals surface area contributed by atoms with E-state index in [1.807, 2.05) is 19.1 Å². The third-order valence-corrected chi connectivity index (χ3v) is 6.22. The number of phenols is 1. The molecule has 29 heavy (non-hydrogen) atoms. The first-order chi connectivity index (χ1) is 13.9. The van der Waals surface area contributed by atoms with E-state index in [9.17, 15) is 14.7 Å². The Bertz CT molecular complexity index is 1030. The summed E-state index contributed by atoms with van der Waals surface area (Å²) in [5, 5.41) is 10.6. The van der Waals surface area contributed by atoms with Gasteiger partial charge in [-0.1, -0.05) is 36.9 Å². The van der Waals surface area contributed by atoms with Crippen LogP contribution in [0.25, 0.3) is 0 Å². The lowest BCUT2D eigenvalue weighted by Gasteiger charge is -2.40. The van der Waals surface area contributed by atoms with E-state index in [0.717, 1.165) is 5.57 Å². The first-order valence-corrected chi connectivity index (χ1v) is 9.56. The minimum Gasteiger partial charge on any atom is -0.508 e. The minimum absolute atomic E-state index is 0.0591. The molecule has 0 bridgehead atoms. The average molecular weight is 389 g/mol. The number of carbonyl (C=O) groups is 2. The molecule has 0 spiro atoms. The number of allylic oxidation sites excluding steroid dienone is 3. The van der Waals surface area contributed by atoms with Crippen LogP contribution in [0.1, 0.15) is 24.8 Å². The molecule has 5 nitrogen and oxygen atoms in total. The number of amides is 2. The Morgan fingerprint density at radius 1 is 1.21 bits per heavy atom. The Morgan fingerprint density at radius 2 is 1.93 bits per heavy atom. The molecule has 0 aromatic heterocycles. The Morgan fingerprint density at radius 3 is 2.59 bits per heavy atom. The molecular weight excluding hydrogens is 366 g/mol. The Labute approximate surface area is 169 Å². The molecule has 2 amide bonds. The summed E-state index contributed by atoms with van der Waals surface area (Å²) >= 11 is 0. The molecule has 3 unspecified atom stereocenters. The molecule has 5 heteroatoms. The number of anilines is 1. The maximum atomic E-state index is 13.7. The number of para-hydroxylation sites is 1. The maximum absolute atomic E-state index is 13.7. The van der Waals surface area contributed by atoms with Crippen molar-refractivity contribution in [3.63, 3.8) is 0 Å². The van der Waals surface area contributed by atoms with Crippen LogP contribution < -0.4 is 9.64 Å². The van der Waals surface area contributed by atoms with Crippen LogP contribution in [0.4, 0.5) is 5.69 Å². The number of aromatic hydroxyl groups is 1. The van der Waals surface area contributed by atoms with Gasteiger partial charge in [0.1, 0.15) is 11.5 Å². The molecule has 1 aliphatic carbocycles. The summed E-state index contributed by atoms with van der Waals surface area (Å²) in [6, 6.07) is 13.9. The molecule has 1 heterocycles. The van der Waals surface area contributed by atoms with Crippen molar-refractivity contribution >= 4 is 17.5 Å². The van der Waals surface area contributed by atoms with E-state index in [1.165, 1.54) is 4.90 Å². The lowest BCUT2D eigenvalue weighted by atomic mass is 9.60. The molecule has 2 aromatic rings. The second kappa shape index (κ2) is 6.92. The SMILES string of the molecule is C=CC1=CCC2C(=O)N(c3ccccc3)C(=O)C2(C)C1c1cc(OC)ccc1O. The second-order valence-electron chi connectivity index (χ2n) is 7.65. The number of imide groups is 1. The van der Waals surface area contributed by atoms with Crippen LogP contribution in [0.3, 0.4) is 0 Å². The summed E-state index contributed by atoms with van der Waals surface area (Å²) in [5.41, 5.74) is 0.892. The summed E-state index contributed by atoms with van der Waals surface area (Å²) < 4.78 is 5.33. The molecule has 3 atom stereocenters. The van der Waals surface area contributed by atoms with Crippen LogP contribution in [-0.2, 0) is 9.59 Å². The van der Waals surface area contributed by atoms with Gasteiger partial charge in [0.25, 0.3) is 0 Å². The third kappa shape index (κ3) is 2.69. The van der Waals surface area contributed by atoms with E-state index < -0.39 is 17.3 Å². The van der Waals surface area contributed by atoms with Crippen LogP contribution in [-0.4, -0.2) is 24.0 Å². The van der Waals surface area contributed by atoms with Gasteiger partial charge < -0.3 is 9.84 Å². The minimum atomic E-state index is -1.05. The average Bonchev–Trinajstić information content (AvgIpc) is 2.94. The Kier molecular flexibility index (Phi) is 4.53. The summed E-state index contributed by atoms with van der Waals surface area (Å²) in [6.45, 7) is 5.73. The Balaban J connectivity index is 1.90. The quantitative estimate of drug-likeness (QED) is 0.796. The van der Waals surface area contributed by atoms with Gasteiger partial charge in [-0.2, -0.15) is 0 Å². The molecule has 1 N–H and O–H groups in total. The zero-order valence-electron chi connectivity index (χ0n) is 16.5. The zero-order valence-corrected chi connectivity index (χ0v) is 16.5. The van der Waals surface area contributed by atoms with Gasteiger partial charge in [-0.3, -0.25) is 9.59 Å². The largest absolute Gasteiger partial charge is 0.508 e. The van der Waals surface area contributed by atoms with E-state index in [-0.39, 0.29) is 17.6 Å². The number of fused-ring (bicyclic) bond motifs is 1. The predicted molar refractivity (Wildman–Crippen MR) is 111 cm³/mol. The van der Waals surface area contributed by atoms with Crippen LogP contribution in [0, 0.1) is 11.3 Å². The molecule has 2 aromatic carbocycles. The molecule has 2 aliphatic rings. The summed E-state index contributed by atoms with van der Waals surface area (Å²) in [5.74, 6) is -0.880. The highest BCUT2D eigenvalue weighted by molar-refractivity contribution is 6.24. The van der Waals surface area contributed by atoms with Crippen molar-refractivity contribution in [2.24, 2.45) is 11.3 Å². The van der Waals surface area contributed by atoms with Crippen molar-refractivity contribution in [1.82, 2.24) is 0 Å². The van der Waals surface area contributed by atoms with Crippen molar-refractivity contribution in [3.8, 4) is 11.5 Å². The van der Waals surface area contributed by atoms with Crippen LogP contribution in [0.15, 0.2) is 72.8 Å². The highest BCUT2D eigenvalue weighted by Crippen LogP contribution is 2.58. The van der Waals surface area contributed by atoms with Gasteiger partial charge in [0.15, 0.2) is 0 Å². The van der Waals surface area contributed by atoms with Crippen molar-refractivity contribution in [1.29, 1.82) is 0 Å². The predicted octanol–water partition coefficient (Wildman–Crippen LogP) is 4.20. The maximum Gasteiger partial charge on any atom is 0.241 e. The molecule has 4 rings (SSSR count). The lowest BCUT2D eigenvalue weighted by Crippen LogP contribution is -2.41. The molecular formula is C24H23NO4.